The third-order valence-electron chi connectivity index (χ3n) is 4.99. The number of carbonyl (C=O) groups is 1. The van der Waals surface area contributed by atoms with Crippen LogP contribution in [-0.2, 0) is 0 Å². The molecule has 0 aliphatic rings. The minimum absolute atomic E-state index is 0.0636. The van der Waals surface area contributed by atoms with Crippen molar-refractivity contribution in [3.63, 3.8) is 0 Å². The summed E-state index contributed by atoms with van der Waals surface area (Å²) in [6.07, 6.45) is 1.76. The maximum absolute atomic E-state index is 13.3. The van der Waals surface area contributed by atoms with Crippen LogP contribution in [0.1, 0.15) is 15.9 Å². The van der Waals surface area contributed by atoms with Crippen LogP contribution in [0, 0.1) is 0 Å². The second kappa shape index (κ2) is 7.03. The normalized spacial score (nSPS) is 11.2. The van der Waals surface area contributed by atoms with Crippen molar-refractivity contribution in [2.75, 3.05) is 0 Å². The van der Waals surface area contributed by atoms with E-state index in [1.54, 1.807) is 30.5 Å². The Labute approximate surface area is 176 Å². The fourth-order valence-electron chi connectivity index (χ4n) is 3.60. The highest BCUT2D eigenvalue weighted by molar-refractivity contribution is 6.31. The highest BCUT2D eigenvalue weighted by Crippen LogP contribution is 2.35. The van der Waals surface area contributed by atoms with Crippen LogP contribution in [0.25, 0.3) is 33.1 Å². The van der Waals surface area contributed by atoms with Crippen molar-refractivity contribution in [1.29, 1.82) is 0 Å². The number of fused-ring (bicyclic) bond motifs is 3. The maximum atomic E-state index is 13.3. The molecule has 0 aliphatic heterocycles. The van der Waals surface area contributed by atoms with E-state index in [9.17, 15) is 4.79 Å². The highest BCUT2D eigenvalue weighted by Gasteiger charge is 2.20. The zero-order chi connectivity index (χ0) is 20.0. The quantitative estimate of drug-likeness (QED) is 0.324. The molecule has 0 atom stereocenters. The van der Waals surface area contributed by atoms with E-state index in [4.69, 9.17) is 28.2 Å². The van der Waals surface area contributed by atoms with Gasteiger partial charge in [-0.15, -0.1) is 0 Å². The molecule has 2 aromatic heterocycles. The number of pyridine rings is 1. The number of H-pyrrole nitrogens is 1. The number of hydrogen-bond donors (Lipinski definition) is 1. The monoisotopic (exact) mass is 416 g/mol. The number of nitrogens with one attached hydrogen (secondary N) is 1. The molecule has 140 valence electrons. The van der Waals surface area contributed by atoms with Crippen molar-refractivity contribution < 1.29 is 4.79 Å². The number of ketones is 1. The maximum Gasteiger partial charge on any atom is 0.195 e. The number of para-hydroxylation sites is 1. The van der Waals surface area contributed by atoms with Crippen LogP contribution < -0.4 is 0 Å². The van der Waals surface area contributed by atoms with Gasteiger partial charge in [0.2, 0.25) is 0 Å². The Morgan fingerprint density at radius 1 is 0.828 bits per heavy atom. The molecule has 2 heterocycles. The van der Waals surface area contributed by atoms with Gasteiger partial charge >= 0.3 is 0 Å². The number of halogens is 2. The lowest BCUT2D eigenvalue weighted by Gasteiger charge is -2.08. The number of nitrogens with zero attached hydrogens (tertiary/aromatic N) is 1. The first-order valence-electron chi connectivity index (χ1n) is 9.08. The van der Waals surface area contributed by atoms with Crippen molar-refractivity contribution in [3.8, 4) is 11.3 Å². The van der Waals surface area contributed by atoms with Gasteiger partial charge in [0.25, 0.3) is 0 Å². The molecule has 0 amide bonds. The van der Waals surface area contributed by atoms with E-state index in [1.165, 1.54) is 0 Å². The molecule has 0 radical (unpaired) electrons. The molecule has 5 rings (SSSR count). The lowest BCUT2D eigenvalue weighted by molar-refractivity contribution is 0.104. The van der Waals surface area contributed by atoms with Crippen molar-refractivity contribution in [2.24, 2.45) is 0 Å². The van der Waals surface area contributed by atoms with E-state index in [-0.39, 0.29) is 5.78 Å². The average molecular weight is 417 g/mol. The molecule has 0 spiro atoms. The molecule has 29 heavy (non-hydrogen) atoms. The Morgan fingerprint density at radius 2 is 1.48 bits per heavy atom. The van der Waals surface area contributed by atoms with Crippen LogP contribution in [0.2, 0.25) is 10.0 Å². The van der Waals surface area contributed by atoms with Crippen LogP contribution >= 0.6 is 23.2 Å². The van der Waals surface area contributed by atoms with E-state index >= 15 is 0 Å². The first kappa shape index (κ1) is 17.9. The van der Waals surface area contributed by atoms with Gasteiger partial charge in [-0.2, -0.15) is 0 Å². The van der Waals surface area contributed by atoms with E-state index in [1.807, 2.05) is 48.5 Å². The van der Waals surface area contributed by atoms with Crippen LogP contribution in [0.15, 0.2) is 79.0 Å². The standard InChI is InChI=1S/C24H14Cl2N2O/c25-16-9-5-14(6-10-16)22-23-21(18-3-1-2-4-20(18)28-22)19(13-27-23)24(29)15-7-11-17(26)12-8-15/h1-13,27H. The molecule has 0 bridgehead atoms. The van der Waals surface area contributed by atoms with Crippen molar-refractivity contribution >= 4 is 50.8 Å². The highest BCUT2D eigenvalue weighted by atomic mass is 35.5. The van der Waals surface area contributed by atoms with Crippen LogP contribution in [0.5, 0.6) is 0 Å². The second-order valence-electron chi connectivity index (χ2n) is 6.77. The summed E-state index contributed by atoms with van der Waals surface area (Å²) in [7, 11) is 0. The number of aromatic amines is 1. The lowest BCUT2D eigenvalue weighted by Crippen LogP contribution is -2.00. The van der Waals surface area contributed by atoms with Crippen LogP contribution in [0.4, 0.5) is 0 Å². The molecule has 0 saturated heterocycles. The molecular formula is C24H14Cl2N2O. The van der Waals surface area contributed by atoms with Gasteiger partial charge in [-0.05, 0) is 42.5 Å². The SMILES string of the molecule is O=C(c1ccc(Cl)cc1)c1c[nH]c2c(-c3ccc(Cl)cc3)nc3ccccc3c12. The van der Waals surface area contributed by atoms with Gasteiger partial charge in [0, 0.05) is 43.7 Å². The Balaban J connectivity index is 1.80. The van der Waals surface area contributed by atoms with Crippen molar-refractivity contribution in [1.82, 2.24) is 9.97 Å². The predicted octanol–water partition coefficient (Wildman–Crippen LogP) is 6.92. The van der Waals surface area contributed by atoms with Gasteiger partial charge in [0.1, 0.15) is 0 Å². The molecule has 0 fully saturated rings. The largest absolute Gasteiger partial charge is 0.359 e. The first-order valence-corrected chi connectivity index (χ1v) is 9.83. The van der Waals surface area contributed by atoms with Crippen molar-refractivity contribution in [2.45, 2.75) is 0 Å². The summed E-state index contributed by atoms with van der Waals surface area (Å²) >= 11 is 12.0. The number of benzene rings is 3. The van der Waals surface area contributed by atoms with E-state index < -0.39 is 0 Å². The van der Waals surface area contributed by atoms with Crippen molar-refractivity contribution in [3.05, 3.63) is 100 Å². The summed E-state index contributed by atoms with van der Waals surface area (Å²) in [6.45, 7) is 0. The third-order valence-corrected chi connectivity index (χ3v) is 5.50. The van der Waals surface area contributed by atoms with Gasteiger partial charge in [-0.3, -0.25) is 4.79 Å². The Hall–Kier alpha value is -3.14. The number of hydrogen-bond acceptors (Lipinski definition) is 2. The topological polar surface area (TPSA) is 45.8 Å². The smallest absolute Gasteiger partial charge is 0.195 e. The fraction of sp³-hybridized carbons (Fsp3) is 0. The Bertz CT molecular complexity index is 1370. The van der Waals surface area contributed by atoms with E-state index in [0.717, 1.165) is 33.1 Å². The second-order valence-corrected chi connectivity index (χ2v) is 7.65. The number of carbonyl (C=O) groups excluding carboxylic acids is 1. The fourth-order valence-corrected chi connectivity index (χ4v) is 3.85. The molecule has 5 aromatic rings. The molecule has 5 heteroatoms. The lowest BCUT2D eigenvalue weighted by atomic mass is 9.98. The summed E-state index contributed by atoms with van der Waals surface area (Å²) < 4.78 is 0. The number of rotatable bonds is 3. The van der Waals surface area contributed by atoms with Gasteiger partial charge < -0.3 is 4.98 Å². The summed E-state index contributed by atoms with van der Waals surface area (Å²) in [5.41, 5.74) is 4.56. The van der Waals surface area contributed by atoms with Gasteiger partial charge in [-0.1, -0.05) is 53.5 Å². The van der Waals surface area contributed by atoms with Gasteiger partial charge in [0.05, 0.1) is 16.7 Å². The summed E-state index contributed by atoms with van der Waals surface area (Å²) in [5, 5.41) is 3.05. The molecule has 1 N–H and O–H groups in total. The zero-order valence-electron chi connectivity index (χ0n) is 15.1. The first-order chi connectivity index (χ1) is 14.1. The average Bonchev–Trinajstić information content (AvgIpc) is 3.19. The van der Waals surface area contributed by atoms with Gasteiger partial charge in [0.15, 0.2) is 5.78 Å². The van der Waals surface area contributed by atoms with Crippen LogP contribution in [0.3, 0.4) is 0 Å². The third kappa shape index (κ3) is 3.09. The predicted molar refractivity (Wildman–Crippen MR) is 119 cm³/mol. The van der Waals surface area contributed by atoms with Crippen LogP contribution in [-0.4, -0.2) is 15.8 Å². The minimum Gasteiger partial charge on any atom is -0.359 e. The summed E-state index contributed by atoms with van der Waals surface area (Å²) in [4.78, 5) is 21.4. The van der Waals surface area contributed by atoms with E-state index in [0.29, 0.717) is 21.2 Å². The molecule has 0 aliphatic carbocycles. The van der Waals surface area contributed by atoms with E-state index in [2.05, 4.69) is 4.98 Å². The summed E-state index contributed by atoms with van der Waals surface area (Å²) in [5.74, 6) is -0.0636. The number of aromatic nitrogens is 2. The zero-order valence-corrected chi connectivity index (χ0v) is 16.6. The molecule has 0 unspecified atom stereocenters. The van der Waals surface area contributed by atoms with Gasteiger partial charge in [-0.25, -0.2) is 4.98 Å². The molecular weight excluding hydrogens is 403 g/mol. The molecule has 0 saturated carbocycles. The Kier molecular flexibility index (Phi) is 4.35. The minimum atomic E-state index is -0.0636. The summed E-state index contributed by atoms with van der Waals surface area (Å²) in [6, 6.07) is 22.3. The molecule has 3 nitrogen and oxygen atoms in total. The Morgan fingerprint density at radius 3 is 2.21 bits per heavy atom. The molecule has 3 aromatic carbocycles.